The Kier molecular flexibility index (Phi) is 31.8. The molecule has 8 atom stereocenters. The minimum absolute atomic E-state index is 0.105. The summed E-state index contributed by atoms with van der Waals surface area (Å²) in [4.78, 5) is 35.6. The molecule has 1 saturated carbocycles. The molecule has 1 rings (SSSR count). The highest BCUT2D eigenvalue weighted by molar-refractivity contribution is 7.47. The predicted octanol–water partition coefficient (Wildman–Crippen LogP) is 8.11. The standard InChI is InChI=1S/C42H81O13P/c1-3-5-7-9-11-13-15-16-17-18-19-20-21-23-25-27-29-31-36(44)54-34(32-52-35(43)30-28-26-24-22-14-12-10-8-6-4-2)33-53-56(50,51)55-42-40(48)38(46)37(45)39(47)41(42)49/h34,37-42,45-49H,3-33H2,1-2H3,(H,50,51)/t34-,37?,38-,39?,40?,41?,42?/m1/s1. The van der Waals surface area contributed by atoms with Crippen LogP contribution in [0.5, 0.6) is 0 Å². The van der Waals surface area contributed by atoms with Crippen LogP contribution in [0.4, 0.5) is 0 Å². The Morgan fingerprint density at radius 1 is 0.482 bits per heavy atom. The van der Waals surface area contributed by atoms with E-state index in [1.54, 1.807) is 0 Å². The van der Waals surface area contributed by atoms with Crippen molar-refractivity contribution in [2.45, 2.75) is 243 Å². The van der Waals surface area contributed by atoms with Crippen LogP contribution in [0, 0.1) is 0 Å². The Balaban J connectivity index is 2.44. The monoisotopic (exact) mass is 825 g/mol. The summed E-state index contributed by atoms with van der Waals surface area (Å²) in [6.45, 7) is 3.29. The number of carbonyl (C=O) groups excluding carboxylic acids is 2. The van der Waals surface area contributed by atoms with Gasteiger partial charge < -0.3 is 39.9 Å². The van der Waals surface area contributed by atoms with Crippen LogP contribution in [-0.4, -0.2) is 98.3 Å². The van der Waals surface area contributed by atoms with Crippen molar-refractivity contribution in [2.24, 2.45) is 0 Å². The van der Waals surface area contributed by atoms with Gasteiger partial charge in [0, 0.05) is 12.8 Å². The molecule has 6 N–H and O–H groups in total. The fourth-order valence-corrected chi connectivity index (χ4v) is 8.03. The molecule has 0 aliphatic heterocycles. The van der Waals surface area contributed by atoms with Crippen LogP contribution in [-0.2, 0) is 32.7 Å². The van der Waals surface area contributed by atoms with Gasteiger partial charge in [-0.25, -0.2) is 4.57 Å². The molecule has 0 spiro atoms. The van der Waals surface area contributed by atoms with Crippen LogP contribution in [0.2, 0.25) is 0 Å². The van der Waals surface area contributed by atoms with E-state index in [0.717, 1.165) is 38.5 Å². The number of unbranched alkanes of at least 4 members (excludes halogenated alkanes) is 25. The van der Waals surface area contributed by atoms with E-state index >= 15 is 0 Å². The van der Waals surface area contributed by atoms with Crippen LogP contribution in [0.25, 0.3) is 0 Å². The molecule has 0 bridgehead atoms. The van der Waals surface area contributed by atoms with E-state index in [4.69, 9.17) is 18.5 Å². The number of phosphoric acid groups is 1. The summed E-state index contributed by atoms with van der Waals surface area (Å²) in [5, 5.41) is 50.0. The number of rotatable bonds is 37. The average Bonchev–Trinajstić information content (AvgIpc) is 3.18. The maximum absolute atomic E-state index is 12.8. The maximum atomic E-state index is 12.8. The van der Waals surface area contributed by atoms with Gasteiger partial charge in [0.25, 0.3) is 0 Å². The molecule has 1 aliphatic carbocycles. The normalized spacial score (nSPS) is 22.8. The molecule has 0 aromatic rings. The summed E-state index contributed by atoms with van der Waals surface area (Å²) in [6, 6.07) is 0. The fraction of sp³-hybridized carbons (Fsp3) is 0.952. The number of esters is 2. The Labute approximate surface area is 338 Å². The number of hydrogen-bond acceptors (Lipinski definition) is 12. The van der Waals surface area contributed by atoms with E-state index in [1.807, 2.05) is 0 Å². The molecule has 56 heavy (non-hydrogen) atoms. The highest BCUT2D eigenvalue weighted by Crippen LogP contribution is 2.47. The van der Waals surface area contributed by atoms with Gasteiger partial charge in [0.1, 0.15) is 43.2 Å². The first kappa shape index (κ1) is 52.9. The second kappa shape index (κ2) is 33.7. The fourth-order valence-electron chi connectivity index (χ4n) is 7.05. The topological polar surface area (TPSA) is 210 Å². The summed E-state index contributed by atoms with van der Waals surface area (Å²) in [5.74, 6) is -1.09. The molecular weight excluding hydrogens is 743 g/mol. The largest absolute Gasteiger partial charge is 0.472 e. The molecule has 14 heteroatoms. The number of ether oxygens (including phenoxy) is 2. The summed E-state index contributed by atoms with van der Waals surface area (Å²) >= 11 is 0. The molecule has 1 fully saturated rings. The quantitative estimate of drug-likeness (QED) is 0.0199. The first-order chi connectivity index (χ1) is 26.9. The lowest BCUT2D eigenvalue weighted by atomic mass is 9.85. The van der Waals surface area contributed by atoms with E-state index in [1.165, 1.54) is 122 Å². The third-order valence-corrected chi connectivity index (χ3v) is 11.7. The third-order valence-electron chi connectivity index (χ3n) is 10.7. The summed E-state index contributed by atoms with van der Waals surface area (Å²) < 4.78 is 33.4. The van der Waals surface area contributed by atoms with Crippen LogP contribution in [0.1, 0.15) is 200 Å². The lowest BCUT2D eigenvalue weighted by Gasteiger charge is -2.41. The van der Waals surface area contributed by atoms with Crippen molar-refractivity contribution < 1.29 is 63.1 Å². The van der Waals surface area contributed by atoms with Crippen molar-refractivity contribution in [3.63, 3.8) is 0 Å². The molecule has 1 aliphatic rings. The average molecular weight is 825 g/mol. The molecule has 0 heterocycles. The number of aliphatic hydroxyl groups is 5. The zero-order valence-corrected chi connectivity index (χ0v) is 35.8. The van der Waals surface area contributed by atoms with Crippen LogP contribution >= 0.6 is 7.82 Å². The van der Waals surface area contributed by atoms with Crippen LogP contribution in [0.15, 0.2) is 0 Å². The van der Waals surface area contributed by atoms with Gasteiger partial charge in [0.05, 0.1) is 6.61 Å². The second-order valence-corrected chi connectivity index (χ2v) is 17.3. The van der Waals surface area contributed by atoms with E-state index in [0.29, 0.717) is 12.8 Å². The van der Waals surface area contributed by atoms with Gasteiger partial charge in [-0.05, 0) is 12.8 Å². The Morgan fingerprint density at radius 2 is 0.804 bits per heavy atom. The Hall–Kier alpha value is -1.15. The van der Waals surface area contributed by atoms with Gasteiger partial charge in [-0.3, -0.25) is 18.6 Å². The van der Waals surface area contributed by atoms with Crippen molar-refractivity contribution >= 4 is 19.8 Å². The van der Waals surface area contributed by atoms with Crippen molar-refractivity contribution in [3.05, 3.63) is 0 Å². The molecular formula is C42H81O13P. The first-order valence-corrected chi connectivity index (χ1v) is 23.8. The van der Waals surface area contributed by atoms with Gasteiger partial charge in [-0.1, -0.05) is 174 Å². The summed E-state index contributed by atoms with van der Waals surface area (Å²) in [6.07, 6.45) is 18.8. The second-order valence-electron chi connectivity index (χ2n) is 15.9. The first-order valence-electron chi connectivity index (χ1n) is 22.3. The highest BCUT2D eigenvalue weighted by atomic mass is 31.2. The zero-order chi connectivity index (χ0) is 41.4. The number of aliphatic hydroxyl groups excluding tert-OH is 5. The van der Waals surface area contributed by atoms with Gasteiger partial charge in [0.15, 0.2) is 6.10 Å². The number of hydrogen-bond donors (Lipinski definition) is 6. The highest BCUT2D eigenvalue weighted by Gasteiger charge is 2.51. The van der Waals surface area contributed by atoms with Crippen LogP contribution in [0.3, 0.4) is 0 Å². The molecule has 6 unspecified atom stereocenters. The molecule has 13 nitrogen and oxygen atoms in total. The molecule has 0 saturated heterocycles. The zero-order valence-electron chi connectivity index (χ0n) is 34.9. The van der Waals surface area contributed by atoms with Crippen molar-refractivity contribution in [2.75, 3.05) is 13.2 Å². The van der Waals surface area contributed by atoms with Crippen LogP contribution < -0.4 is 0 Å². The van der Waals surface area contributed by atoms with Crippen molar-refractivity contribution in [1.29, 1.82) is 0 Å². The number of phosphoric ester groups is 1. The lowest BCUT2D eigenvalue weighted by molar-refractivity contribution is -0.220. The van der Waals surface area contributed by atoms with Gasteiger partial charge in [-0.15, -0.1) is 0 Å². The summed E-state index contributed by atoms with van der Waals surface area (Å²) in [5.41, 5.74) is 0. The molecule has 0 radical (unpaired) electrons. The maximum Gasteiger partial charge on any atom is 0.472 e. The van der Waals surface area contributed by atoms with Crippen molar-refractivity contribution in [3.8, 4) is 0 Å². The smallest absolute Gasteiger partial charge is 0.462 e. The molecule has 332 valence electrons. The van der Waals surface area contributed by atoms with E-state index in [9.17, 15) is 44.6 Å². The minimum atomic E-state index is -5.10. The van der Waals surface area contributed by atoms with Gasteiger partial charge in [0.2, 0.25) is 0 Å². The Morgan fingerprint density at radius 3 is 1.18 bits per heavy atom. The van der Waals surface area contributed by atoms with Gasteiger partial charge in [-0.2, -0.15) is 0 Å². The number of carbonyl (C=O) groups is 2. The molecule has 0 amide bonds. The Bertz CT molecular complexity index is 1000. The SMILES string of the molecule is CCCCCCCCCCCCCCCCCCCC(=O)O[C@H](COC(=O)CCCCCCCCCCCC)COP(=O)(O)OC1C(O)C(O)C(O)[C@@H](O)C1O. The third kappa shape index (κ3) is 26.1. The van der Waals surface area contributed by atoms with E-state index in [-0.39, 0.29) is 12.8 Å². The van der Waals surface area contributed by atoms with Crippen molar-refractivity contribution in [1.82, 2.24) is 0 Å². The van der Waals surface area contributed by atoms with E-state index < -0.39 is 75.7 Å². The summed E-state index contributed by atoms with van der Waals surface area (Å²) in [7, 11) is -5.10. The molecule has 0 aromatic carbocycles. The van der Waals surface area contributed by atoms with E-state index in [2.05, 4.69) is 13.8 Å². The lowest BCUT2D eigenvalue weighted by Crippen LogP contribution is -2.64. The minimum Gasteiger partial charge on any atom is -0.462 e. The predicted molar refractivity (Wildman–Crippen MR) is 217 cm³/mol. The van der Waals surface area contributed by atoms with Gasteiger partial charge >= 0.3 is 19.8 Å². The molecule has 0 aromatic heterocycles.